The number of hydrogen-bond donors (Lipinski definition) is 1. The number of nitrogens with one attached hydrogen (secondary N) is 1. The highest BCUT2D eigenvalue weighted by Crippen LogP contribution is 2.36. The standard InChI is InChI=1S/C25H26N4O5S/c1-3-28(4-2)35(32,33)19-14-15-21(23(16-19)29(30)31)26-27-22-17-25(18-10-6-5-7-11-18)34-24-13-9-8-12-20(22)24/h5-16,25-26H,3-4,17H2,1-2H3/b27-22+/t25-/m1/s1. The van der Waals surface area contributed by atoms with Gasteiger partial charge in [-0.1, -0.05) is 56.3 Å². The number of nitro groups is 1. The second-order valence-electron chi connectivity index (χ2n) is 7.91. The van der Waals surface area contributed by atoms with Gasteiger partial charge in [-0.3, -0.25) is 15.5 Å². The molecule has 0 bridgehead atoms. The summed E-state index contributed by atoms with van der Waals surface area (Å²) in [6, 6.07) is 21.0. The van der Waals surface area contributed by atoms with Gasteiger partial charge in [0.25, 0.3) is 5.69 Å². The second kappa shape index (κ2) is 10.2. The minimum atomic E-state index is -3.84. The van der Waals surface area contributed by atoms with Crippen LogP contribution in [0.2, 0.25) is 0 Å². The first kappa shape index (κ1) is 24.4. The molecular weight excluding hydrogens is 468 g/mol. The maximum Gasteiger partial charge on any atom is 0.295 e. The maximum atomic E-state index is 12.8. The Morgan fingerprint density at radius 2 is 1.74 bits per heavy atom. The molecule has 1 aliphatic heterocycles. The van der Waals surface area contributed by atoms with Crippen LogP contribution in [0, 0.1) is 10.1 Å². The third-order valence-electron chi connectivity index (χ3n) is 5.84. The highest BCUT2D eigenvalue weighted by Gasteiger charge is 2.28. The number of hydrogen-bond acceptors (Lipinski definition) is 7. The summed E-state index contributed by atoms with van der Waals surface area (Å²) in [6.07, 6.45) is 0.194. The Bertz CT molecular complexity index is 1360. The molecule has 0 saturated carbocycles. The van der Waals surface area contributed by atoms with Crippen LogP contribution in [-0.4, -0.2) is 36.4 Å². The number of ether oxygens (including phenoxy) is 1. The first-order valence-corrected chi connectivity index (χ1v) is 12.7. The van der Waals surface area contributed by atoms with Crippen LogP contribution >= 0.6 is 0 Å². The topological polar surface area (TPSA) is 114 Å². The Hall–Kier alpha value is -3.76. The summed E-state index contributed by atoms with van der Waals surface area (Å²) >= 11 is 0. The van der Waals surface area contributed by atoms with E-state index >= 15 is 0 Å². The molecule has 3 aromatic rings. The van der Waals surface area contributed by atoms with Crippen molar-refractivity contribution in [1.82, 2.24) is 4.31 Å². The fourth-order valence-corrected chi connectivity index (χ4v) is 5.48. The number of nitrogens with zero attached hydrogens (tertiary/aromatic N) is 3. The Kier molecular flexibility index (Phi) is 7.13. The van der Waals surface area contributed by atoms with E-state index in [4.69, 9.17) is 4.74 Å². The number of benzene rings is 3. The predicted molar refractivity (Wildman–Crippen MR) is 134 cm³/mol. The zero-order valence-electron chi connectivity index (χ0n) is 19.4. The van der Waals surface area contributed by atoms with E-state index in [0.29, 0.717) is 17.9 Å². The van der Waals surface area contributed by atoms with Crippen LogP contribution in [0.1, 0.15) is 37.5 Å². The van der Waals surface area contributed by atoms with Crippen LogP contribution in [0.5, 0.6) is 5.75 Å². The van der Waals surface area contributed by atoms with E-state index in [2.05, 4.69) is 10.5 Å². The van der Waals surface area contributed by atoms with E-state index in [-0.39, 0.29) is 35.5 Å². The van der Waals surface area contributed by atoms with Crippen molar-refractivity contribution in [2.75, 3.05) is 18.5 Å². The van der Waals surface area contributed by atoms with E-state index < -0.39 is 14.9 Å². The zero-order chi connectivity index (χ0) is 25.0. The van der Waals surface area contributed by atoms with Crippen molar-refractivity contribution < 1.29 is 18.1 Å². The van der Waals surface area contributed by atoms with Crippen molar-refractivity contribution in [3.63, 3.8) is 0 Å². The lowest BCUT2D eigenvalue weighted by atomic mass is 9.96. The average Bonchev–Trinajstić information content (AvgIpc) is 2.88. The number of fused-ring (bicyclic) bond motifs is 1. The first-order valence-electron chi connectivity index (χ1n) is 11.3. The van der Waals surface area contributed by atoms with E-state index in [1.807, 2.05) is 54.6 Å². The molecule has 1 N–H and O–H groups in total. The van der Waals surface area contributed by atoms with Crippen molar-refractivity contribution >= 4 is 27.1 Å². The fourth-order valence-electron chi connectivity index (χ4n) is 4.01. The number of hydrazone groups is 1. The molecule has 1 heterocycles. The summed E-state index contributed by atoms with van der Waals surface area (Å²) in [6.45, 7) is 3.97. The highest BCUT2D eigenvalue weighted by molar-refractivity contribution is 7.89. The average molecular weight is 495 g/mol. The van der Waals surface area contributed by atoms with Gasteiger partial charge >= 0.3 is 0 Å². The fraction of sp³-hybridized carbons (Fsp3) is 0.240. The van der Waals surface area contributed by atoms with Gasteiger partial charge < -0.3 is 4.74 Å². The SMILES string of the molecule is CCN(CC)S(=O)(=O)c1ccc(N/N=C2\C[C@H](c3ccccc3)Oc3ccccc32)c([N+](=O)[O-])c1. The molecule has 0 radical (unpaired) electrons. The van der Waals surface area contributed by atoms with E-state index in [1.165, 1.54) is 16.4 Å². The number of rotatable bonds is 8. The summed E-state index contributed by atoms with van der Waals surface area (Å²) in [5.74, 6) is 0.670. The normalized spacial score (nSPS) is 16.5. The van der Waals surface area contributed by atoms with Crippen LogP contribution in [0.15, 0.2) is 82.8 Å². The van der Waals surface area contributed by atoms with E-state index in [1.54, 1.807) is 13.8 Å². The van der Waals surface area contributed by atoms with Gasteiger partial charge in [0, 0.05) is 31.1 Å². The van der Waals surface area contributed by atoms with Gasteiger partial charge in [0.05, 0.1) is 15.5 Å². The molecule has 9 nitrogen and oxygen atoms in total. The molecule has 182 valence electrons. The van der Waals surface area contributed by atoms with Gasteiger partial charge in [0.15, 0.2) is 0 Å². The molecule has 10 heteroatoms. The van der Waals surface area contributed by atoms with Crippen LogP contribution in [-0.2, 0) is 10.0 Å². The van der Waals surface area contributed by atoms with E-state index in [0.717, 1.165) is 17.2 Å². The van der Waals surface area contributed by atoms with Crippen molar-refractivity contribution in [2.24, 2.45) is 5.10 Å². The number of nitro benzene ring substituents is 1. The Labute approximate surface area is 204 Å². The Morgan fingerprint density at radius 3 is 2.43 bits per heavy atom. The molecule has 35 heavy (non-hydrogen) atoms. The highest BCUT2D eigenvalue weighted by atomic mass is 32.2. The van der Waals surface area contributed by atoms with Crippen LogP contribution in [0.3, 0.4) is 0 Å². The third kappa shape index (κ3) is 5.03. The molecule has 0 amide bonds. The molecule has 0 unspecified atom stereocenters. The van der Waals surface area contributed by atoms with Crippen molar-refractivity contribution in [2.45, 2.75) is 31.3 Å². The maximum absolute atomic E-state index is 12.8. The van der Waals surface area contributed by atoms with Crippen LogP contribution in [0.4, 0.5) is 11.4 Å². The molecule has 0 aliphatic carbocycles. The van der Waals surface area contributed by atoms with Gasteiger partial charge in [0.2, 0.25) is 10.0 Å². The smallest absolute Gasteiger partial charge is 0.295 e. The summed E-state index contributed by atoms with van der Waals surface area (Å²) in [5.41, 5.74) is 4.98. The van der Waals surface area contributed by atoms with Gasteiger partial charge in [-0.25, -0.2) is 8.42 Å². The van der Waals surface area contributed by atoms with Crippen LogP contribution in [0.25, 0.3) is 0 Å². The molecule has 3 aromatic carbocycles. The summed E-state index contributed by atoms with van der Waals surface area (Å²) in [4.78, 5) is 11.0. The minimum absolute atomic E-state index is 0.0984. The lowest BCUT2D eigenvalue weighted by molar-refractivity contribution is -0.384. The largest absolute Gasteiger partial charge is 0.485 e. The number of sulfonamides is 1. The zero-order valence-corrected chi connectivity index (χ0v) is 20.2. The van der Waals surface area contributed by atoms with Crippen LogP contribution < -0.4 is 10.2 Å². The van der Waals surface area contributed by atoms with Crippen molar-refractivity contribution in [1.29, 1.82) is 0 Å². The first-order chi connectivity index (χ1) is 16.8. The molecule has 1 aliphatic rings. The lowest BCUT2D eigenvalue weighted by Gasteiger charge is -2.27. The molecule has 4 rings (SSSR count). The third-order valence-corrected chi connectivity index (χ3v) is 7.88. The summed E-state index contributed by atoms with van der Waals surface area (Å²) in [7, 11) is -3.84. The summed E-state index contributed by atoms with van der Waals surface area (Å²) in [5, 5.41) is 16.3. The molecular formula is C25H26N4O5S. The van der Waals surface area contributed by atoms with Gasteiger partial charge in [0.1, 0.15) is 17.5 Å². The molecule has 0 fully saturated rings. The van der Waals surface area contributed by atoms with E-state index in [9.17, 15) is 18.5 Å². The van der Waals surface area contributed by atoms with Gasteiger partial charge in [-0.15, -0.1) is 0 Å². The number of para-hydroxylation sites is 1. The van der Waals surface area contributed by atoms with Gasteiger partial charge in [-0.2, -0.15) is 9.41 Å². The van der Waals surface area contributed by atoms with Crippen molar-refractivity contribution in [3.8, 4) is 5.75 Å². The molecule has 0 saturated heterocycles. The Morgan fingerprint density at radius 1 is 1.06 bits per heavy atom. The second-order valence-corrected chi connectivity index (χ2v) is 9.85. The number of anilines is 1. The van der Waals surface area contributed by atoms with Gasteiger partial charge in [-0.05, 0) is 29.8 Å². The lowest BCUT2D eigenvalue weighted by Crippen LogP contribution is -2.30. The minimum Gasteiger partial charge on any atom is -0.485 e. The Balaban J connectivity index is 1.68. The quantitative estimate of drug-likeness (QED) is 0.349. The predicted octanol–water partition coefficient (Wildman–Crippen LogP) is 4.97. The van der Waals surface area contributed by atoms with Crippen molar-refractivity contribution in [3.05, 3.63) is 94.0 Å². The molecule has 0 spiro atoms. The molecule has 1 atom stereocenters. The summed E-state index contributed by atoms with van der Waals surface area (Å²) < 4.78 is 33.1. The molecule has 0 aromatic heterocycles. The monoisotopic (exact) mass is 494 g/mol.